The first-order chi connectivity index (χ1) is 16.9. The average Bonchev–Trinajstić information content (AvgIpc) is 3.39. The second-order valence-corrected chi connectivity index (χ2v) is 9.79. The Morgan fingerprint density at radius 2 is 2.06 bits per heavy atom. The van der Waals surface area contributed by atoms with E-state index in [1.165, 1.54) is 16.8 Å². The number of nitrogens with one attached hydrogen (secondary N) is 1. The summed E-state index contributed by atoms with van der Waals surface area (Å²) in [7, 11) is 0. The van der Waals surface area contributed by atoms with Gasteiger partial charge in [0.1, 0.15) is 17.4 Å². The first-order valence-corrected chi connectivity index (χ1v) is 12.6. The number of para-hydroxylation sites is 1. The summed E-state index contributed by atoms with van der Waals surface area (Å²) in [6.45, 7) is 5.13. The fourth-order valence-corrected chi connectivity index (χ4v) is 5.32. The van der Waals surface area contributed by atoms with Crippen LogP contribution < -0.4 is 4.74 Å². The summed E-state index contributed by atoms with van der Waals surface area (Å²) in [6, 6.07) is 13.6. The minimum Gasteiger partial charge on any atom is -0.491 e. The van der Waals surface area contributed by atoms with Crippen LogP contribution in [-0.2, 0) is 11.3 Å². The van der Waals surface area contributed by atoms with Crippen molar-refractivity contribution in [1.82, 2.24) is 9.58 Å². The monoisotopic (exact) mass is 505 g/mol. The number of aliphatic imine (C=N–C) groups is 1. The number of amidine groups is 2. The lowest BCUT2D eigenvalue weighted by Gasteiger charge is -2.20. The zero-order valence-electron chi connectivity index (χ0n) is 19.4. The van der Waals surface area contributed by atoms with E-state index in [0.717, 1.165) is 45.7 Å². The van der Waals surface area contributed by atoms with Gasteiger partial charge in [-0.1, -0.05) is 36.7 Å². The smallest absolute Gasteiger partial charge is 0.283 e. The molecular formula is C26H24ClN5O2S. The van der Waals surface area contributed by atoms with E-state index in [9.17, 15) is 4.79 Å². The van der Waals surface area contributed by atoms with Crippen LogP contribution in [0.4, 0.5) is 0 Å². The minimum atomic E-state index is -0.417. The Kier molecular flexibility index (Phi) is 6.49. The second-order valence-electron chi connectivity index (χ2n) is 8.32. The lowest BCUT2D eigenvalue weighted by molar-refractivity contribution is -0.114. The van der Waals surface area contributed by atoms with E-state index in [2.05, 4.69) is 21.6 Å². The van der Waals surface area contributed by atoms with Crippen molar-refractivity contribution in [2.45, 2.75) is 33.2 Å². The summed E-state index contributed by atoms with van der Waals surface area (Å²) in [5.74, 6) is 0.437. The van der Waals surface area contributed by atoms with Gasteiger partial charge in [0.25, 0.3) is 5.91 Å². The number of thioether (sulfide) groups is 1. The molecule has 0 fully saturated rings. The van der Waals surface area contributed by atoms with Gasteiger partial charge in [0.15, 0.2) is 5.84 Å². The molecule has 3 heterocycles. The number of rotatable bonds is 7. The number of fused-ring (bicyclic) bond motifs is 2. The van der Waals surface area contributed by atoms with Gasteiger partial charge in [0.2, 0.25) is 5.17 Å². The van der Waals surface area contributed by atoms with Crippen molar-refractivity contribution in [2.75, 3.05) is 6.61 Å². The second kappa shape index (κ2) is 9.71. The highest BCUT2D eigenvalue weighted by atomic mass is 35.5. The van der Waals surface area contributed by atoms with E-state index in [1.807, 2.05) is 55.6 Å². The van der Waals surface area contributed by atoms with Crippen molar-refractivity contribution in [3.05, 3.63) is 70.4 Å². The van der Waals surface area contributed by atoms with E-state index in [-0.39, 0.29) is 11.4 Å². The molecule has 178 valence electrons. The van der Waals surface area contributed by atoms with Crippen molar-refractivity contribution in [2.24, 2.45) is 10.1 Å². The summed E-state index contributed by atoms with van der Waals surface area (Å²) in [5.41, 5.74) is 3.08. The van der Waals surface area contributed by atoms with Crippen molar-refractivity contribution in [3.63, 3.8) is 0 Å². The highest BCUT2D eigenvalue weighted by molar-refractivity contribution is 8.26. The molecule has 5 rings (SSSR count). The number of hydrazone groups is 1. The van der Waals surface area contributed by atoms with Crippen LogP contribution in [0.25, 0.3) is 17.0 Å². The molecule has 0 saturated heterocycles. The third-order valence-electron chi connectivity index (χ3n) is 5.81. The maximum absolute atomic E-state index is 12.8. The number of halogens is 1. The molecule has 0 spiro atoms. The van der Waals surface area contributed by atoms with E-state index in [1.54, 1.807) is 6.08 Å². The van der Waals surface area contributed by atoms with Gasteiger partial charge in [0, 0.05) is 27.7 Å². The molecule has 0 radical (unpaired) electrons. The van der Waals surface area contributed by atoms with Crippen LogP contribution in [0, 0.1) is 12.3 Å². The fraction of sp³-hybridized carbons (Fsp3) is 0.231. The SMILES string of the molecule is CCCC1=NN2C(=N)/C(=C/c3cn(CCOc4ccc(Cl)cc4C)c4ccccc34)C(=O)N=C2S1. The summed E-state index contributed by atoms with van der Waals surface area (Å²) in [5, 5.41) is 17.6. The average molecular weight is 506 g/mol. The molecule has 0 unspecified atom stereocenters. The fourth-order valence-electron chi connectivity index (χ4n) is 4.11. The Morgan fingerprint density at radius 3 is 2.86 bits per heavy atom. The van der Waals surface area contributed by atoms with Gasteiger partial charge < -0.3 is 9.30 Å². The van der Waals surface area contributed by atoms with Gasteiger partial charge in [0.05, 0.1) is 12.1 Å². The van der Waals surface area contributed by atoms with Crippen molar-refractivity contribution < 1.29 is 9.53 Å². The van der Waals surface area contributed by atoms with Gasteiger partial charge in [-0.2, -0.15) is 15.1 Å². The topological polar surface area (TPSA) is 83.0 Å². The van der Waals surface area contributed by atoms with E-state index in [0.29, 0.717) is 23.3 Å². The van der Waals surface area contributed by atoms with Crippen LogP contribution in [0.5, 0.6) is 5.75 Å². The van der Waals surface area contributed by atoms with Crippen molar-refractivity contribution >= 4 is 62.3 Å². The Labute approximate surface area is 212 Å². The molecule has 1 N–H and O–H groups in total. The quantitative estimate of drug-likeness (QED) is 0.393. The summed E-state index contributed by atoms with van der Waals surface area (Å²) < 4.78 is 8.09. The number of aromatic nitrogens is 1. The number of amides is 1. The Morgan fingerprint density at radius 1 is 1.23 bits per heavy atom. The maximum atomic E-state index is 12.8. The molecule has 0 aliphatic carbocycles. The van der Waals surface area contributed by atoms with Crippen LogP contribution in [-0.4, -0.2) is 38.1 Å². The molecule has 0 atom stereocenters. The predicted molar refractivity (Wildman–Crippen MR) is 144 cm³/mol. The van der Waals surface area contributed by atoms with Crippen LogP contribution in [0.1, 0.15) is 30.9 Å². The molecule has 3 aromatic rings. The van der Waals surface area contributed by atoms with Gasteiger partial charge in [-0.15, -0.1) is 0 Å². The molecule has 0 saturated carbocycles. The molecule has 7 nitrogen and oxygen atoms in total. The molecule has 2 aliphatic heterocycles. The van der Waals surface area contributed by atoms with Crippen LogP contribution in [0.3, 0.4) is 0 Å². The first kappa shape index (κ1) is 23.4. The lowest BCUT2D eigenvalue weighted by Crippen LogP contribution is -2.35. The molecule has 0 bridgehead atoms. The van der Waals surface area contributed by atoms with Gasteiger partial charge >= 0.3 is 0 Å². The molecular weight excluding hydrogens is 482 g/mol. The number of aryl methyl sites for hydroxylation is 1. The first-order valence-electron chi connectivity index (χ1n) is 11.4. The number of benzene rings is 2. The van der Waals surface area contributed by atoms with E-state index < -0.39 is 5.91 Å². The third kappa shape index (κ3) is 4.63. The minimum absolute atomic E-state index is 0.0528. The molecule has 35 heavy (non-hydrogen) atoms. The molecule has 2 aromatic carbocycles. The predicted octanol–water partition coefficient (Wildman–Crippen LogP) is 6.10. The Balaban J connectivity index is 1.41. The Hall–Kier alpha value is -3.36. The summed E-state index contributed by atoms with van der Waals surface area (Å²) in [4.78, 5) is 17.0. The van der Waals surface area contributed by atoms with Gasteiger partial charge in [-0.05, 0) is 67.4 Å². The maximum Gasteiger partial charge on any atom is 0.283 e. The number of ether oxygens (including phenoxy) is 1. The zero-order chi connectivity index (χ0) is 24.5. The van der Waals surface area contributed by atoms with Crippen molar-refractivity contribution in [3.8, 4) is 5.75 Å². The normalized spacial score (nSPS) is 16.7. The number of carbonyl (C=O) groups is 1. The highest BCUT2D eigenvalue weighted by Gasteiger charge is 2.35. The van der Waals surface area contributed by atoms with Crippen LogP contribution >= 0.6 is 23.4 Å². The standard InChI is InChI=1S/C26H24ClN5O2S/c1-3-6-23-30-32-24(28)20(25(33)29-26(32)35-23)14-17-15-31(21-8-5-4-7-19(17)21)11-12-34-22-10-9-18(27)13-16(22)2/h4-5,7-10,13-15,28H,3,6,11-12H2,1-2H3/b20-14-,28-24?. The van der Waals surface area contributed by atoms with E-state index in [4.69, 9.17) is 21.7 Å². The number of hydrogen-bond acceptors (Lipinski definition) is 5. The molecule has 1 aromatic heterocycles. The van der Waals surface area contributed by atoms with Crippen LogP contribution in [0.15, 0.2) is 64.3 Å². The third-order valence-corrected chi connectivity index (χ3v) is 7.01. The van der Waals surface area contributed by atoms with Crippen LogP contribution in [0.2, 0.25) is 5.02 Å². The Bertz CT molecular complexity index is 1440. The highest BCUT2D eigenvalue weighted by Crippen LogP contribution is 2.31. The van der Waals surface area contributed by atoms with Gasteiger partial charge in [-0.25, -0.2) is 0 Å². The number of carbonyl (C=O) groups excluding carboxylic acids is 1. The molecule has 1 amide bonds. The van der Waals surface area contributed by atoms with Gasteiger partial charge in [-0.3, -0.25) is 10.2 Å². The number of nitrogens with zero attached hydrogens (tertiary/aromatic N) is 4. The summed E-state index contributed by atoms with van der Waals surface area (Å²) >= 11 is 7.41. The van der Waals surface area contributed by atoms with Crippen molar-refractivity contribution in [1.29, 1.82) is 5.41 Å². The lowest BCUT2D eigenvalue weighted by atomic mass is 10.1. The largest absolute Gasteiger partial charge is 0.491 e. The zero-order valence-corrected chi connectivity index (χ0v) is 21.0. The number of hydrogen-bond donors (Lipinski definition) is 1. The summed E-state index contributed by atoms with van der Waals surface area (Å²) in [6.07, 6.45) is 5.47. The molecule has 9 heteroatoms. The molecule has 2 aliphatic rings. The van der Waals surface area contributed by atoms with E-state index >= 15 is 0 Å².